The molecule has 0 amide bonds. The second-order valence-electron chi connectivity index (χ2n) is 5.12. The summed E-state index contributed by atoms with van der Waals surface area (Å²) in [4.78, 5) is 2.32. The van der Waals surface area contributed by atoms with E-state index in [0.717, 1.165) is 45.4 Å². The molecule has 0 radical (unpaired) electrons. The van der Waals surface area contributed by atoms with E-state index in [1.807, 2.05) is 0 Å². The van der Waals surface area contributed by atoms with Gasteiger partial charge in [-0.2, -0.15) is 13.2 Å². The Morgan fingerprint density at radius 1 is 1.22 bits per heavy atom. The van der Waals surface area contributed by atoms with Crippen molar-refractivity contribution in [3.8, 4) is 0 Å². The Labute approximate surface area is 108 Å². The highest BCUT2D eigenvalue weighted by atomic mass is 19.4. The molecule has 0 bridgehead atoms. The number of alkyl halides is 3. The Kier molecular flexibility index (Phi) is 7.00. The van der Waals surface area contributed by atoms with Gasteiger partial charge >= 0.3 is 6.18 Å². The van der Waals surface area contributed by atoms with Crippen molar-refractivity contribution in [2.45, 2.75) is 57.7 Å². The van der Waals surface area contributed by atoms with Crippen LogP contribution in [-0.2, 0) is 0 Å². The number of rotatable bonds is 5. The van der Waals surface area contributed by atoms with Crippen molar-refractivity contribution in [3.05, 3.63) is 0 Å². The molecule has 0 saturated carbocycles. The maximum atomic E-state index is 12.0. The molecule has 5 heteroatoms. The highest BCUT2D eigenvalue weighted by molar-refractivity contribution is 4.72. The molecule has 1 heterocycles. The van der Waals surface area contributed by atoms with Gasteiger partial charge in [-0.3, -0.25) is 0 Å². The number of hydrogen-bond donors (Lipinski definition) is 1. The zero-order chi connectivity index (χ0) is 13.4. The van der Waals surface area contributed by atoms with Crippen LogP contribution in [-0.4, -0.2) is 43.3 Å². The lowest BCUT2D eigenvalue weighted by molar-refractivity contribution is -0.135. The number of hydrogen-bond acceptors (Lipinski definition) is 2. The molecule has 108 valence electrons. The highest BCUT2D eigenvalue weighted by Crippen LogP contribution is 2.22. The first kappa shape index (κ1) is 15.8. The van der Waals surface area contributed by atoms with Gasteiger partial charge in [0, 0.05) is 12.5 Å². The molecular formula is C13H25F3N2. The van der Waals surface area contributed by atoms with Gasteiger partial charge in [0.05, 0.1) is 0 Å². The lowest BCUT2D eigenvalue weighted by atomic mass is 10.1. The lowest BCUT2D eigenvalue weighted by Crippen LogP contribution is -2.39. The predicted molar refractivity (Wildman–Crippen MR) is 67.7 cm³/mol. The van der Waals surface area contributed by atoms with Gasteiger partial charge in [-0.05, 0) is 58.3 Å². The molecule has 1 unspecified atom stereocenters. The zero-order valence-electron chi connectivity index (χ0n) is 11.2. The van der Waals surface area contributed by atoms with E-state index in [-0.39, 0.29) is 6.42 Å². The Hall–Kier alpha value is -0.290. The van der Waals surface area contributed by atoms with Gasteiger partial charge in [0.25, 0.3) is 0 Å². The van der Waals surface area contributed by atoms with Crippen LogP contribution in [0, 0.1) is 0 Å². The minimum Gasteiger partial charge on any atom is -0.314 e. The number of halogens is 3. The second-order valence-corrected chi connectivity index (χ2v) is 5.12. The van der Waals surface area contributed by atoms with Crippen molar-refractivity contribution >= 4 is 0 Å². The summed E-state index contributed by atoms with van der Waals surface area (Å²) >= 11 is 0. The minimum absolute atomic E-state index is 0.259. The van der Waals surface area contributed by atoms with E-state index in [9.17, 15) is 13.2 Å². The molecule has 1 aliphatic heterocycles. The summed E-state index contributed by atoms with van der Waals surface area (Å²) < 4.78 is 36.0. The zero-order valence-corrected chi connectivity index (χ0v) is 11.2. The van der Waals surface area contributed by atoms with E-state index >= 15 is 0 Å². The molecule has 1 N–H and O–H groups in total. The van der Waals surface area contributed by atoms with Crippen LogP contribution in [0.4, 0.5) is 13.2 Å². The van der Waals surface area contributed by atoms with Crippen LogP contribution in [0.3, 0.4) is 0 Å². The maximum Gasteiger partial charge on any atom is 0.389 e. The fourth-order valence-corrected chi connectivity index (χ4v) is 2.39. The number of unbranched alkanes of at least 4 members (excludes halogenated alkanes) is 1. The number of nitrogens with one attached hydrogen (secondary N) is 1. The topological polar surface area (TPSA) is 15.3 Å². The molecule has 1 rings (SSSR count). The third-order valence-corrected chi connectivity index (χ3v) is 3.56. The Bertz CT molecular complexity index is 219. The van der Waals surface area contributed by atoms with Crippen molar-refractivity contribution in [1.82, 2.24) is 10.2 Å². The fraction of sp³-hybridized carbons (Fsp3) is 1.00. The smallest absolute Gasteiger partial charge is 0.314 e. The minimum atomic E-state index is -3.99. The predicted octanol–water partition coefficient (Wildman–Crippen LogP) is 3.18. The van der Waals surface area contributed by atoms with Crippen LogP contribution in [0.15, 0.2) is 0 Å². The van der Waals surface area contributed by atoms with E-state index in [1.165, 1.54) is 0 Å². The van der Waals surface area contributed by atoms with Gasteiger partial charge in [-0.15, -0.1) is 0 Å². The third kappa shape index (κ3) is 7.21. The maximum absolute atomic E-state index is 12.0. The molecule has 0 aromatic heterocycles. The molecule has 0 spiro atoms. The Balaban J connectivity index is 2.16. The largest absolute Gasteiger partial charge is 0.389 e. The first-order valence-corrected chi connectivity index (χ1v) is 7.04. The van der Waals surface area contributed by atoms with Crippen molar-refractivity contribution in [2.75, 3.05) is 26.2 Å². The quantitative estimate of drug-likeness (QED) is 0.769. The van der Waals surface area contributed by atoms with E-state index in [2.05, 4.69) is 17.1 Å². The molecule has 1 saturated heterocycles. The van der Waals surface area contributed by atoms with Gasteiger partial charge in [0.1, 0.15) is 0 Å². The van der Waals surface area contributed by atoms with Crippen LogP contribution in [0.2, 0.25) is 0 Å². The van der Waals surface area contributed by atoms with Gasteiger partial charge in [-0.1, -0.05) is 6.92 Å². The first-order chi connectivity index (χ1) is 8.51. The van der Waals surface area contributed by atoms with E-state index < -0.39 is 12.6 Å². The van der Waals surface area contributed by atoms with Gasteiger partial charge in [0.2, 0.25) is 0 Å². The van der Waals surface area contributed by atoms with Crippen molar-refractivity contribution in [1.29, 1.82) is 0 Å². The van der Waals surface area contributed by atoms with E-state index in [1.54, 1.807) is 0 Å². The molecule has 0 aromatic rings. The van der Waals surface area contributed by atoms with Crippen LogP contribution in [0.1, 0.15) is 45.4 Å². The Morgan fingerprint density at radius 3 is 2.67 bits per heavy atom. The molecule has 1 fully saturated rings. The Morgan fingerprint density at radius 2 is 2.00 bits per heavy atom. The summed E-state index contributed by atoms with van der Waals surface area (Å²) in [6.07, 6.45) is -0.389. The van der Waals surface area contributed by atoms with Crippen LogP contribution in [0.25, 0.3) is 0 Å². The molecule has 18 heavy (non-hydrogen) atoms. The first-order valence-electron chi connectivity index (χ1n) is 7.04. The van der Waals surface area contributed by atoms with Crippen molar-refractivity contribution < 1.29 is 13.2 Å². The third-order valence-electron chi connectivity index (χ3n) is 3.56. The molecule has 2 nitrogen and oxygen atoms in total. The summed E-state index contributed by atoms with van der Waals surface area (Å²) in [5, 5.41) is 3.50. The molecule has 1 aliphatic rings. The van der Waals surface area contributed by atoms with Gasteiger partial charge in [-0.25, -0.2) is 0 Å². The lowest BCUT2D eigenvalue weighted by Gasteiger charge is -2.28. The molecule has 0 aliphatic carbocycles. The monoisotopic (exact) mass is 266 g/mol. The average Bonchev–Trinajstić information content (AvgIpc) is 2.26. The summed E-state index contributed by atoms with van der Waals surface area (Å²) in [6, 6.07) is 0.572. The summed E-state index contributed by atoms with van der Waals surface area (Å²) in [5.41, 5.74) is 0. The average molecular weight is 266 g/mol. The summed E-state index contributed by atoms with van der Waals surface area (Å²) in [6.45, 7) is 6.03. The van der Waals surface area contributed by atoms with Crippen LogP contribution < -0.4 is 5.32 Å². The van der Waals surface area contributed by atoms with E-state index in [0.29, 0.717) is 12.5 Å². The van der Waals surface area contributed by atoms with Crippen molar-refractivity contribution in [3.63, 3.8) is 0 Å². The summed E-state index contributed by atoms with van der Waals surface area (Å²) in [5.74, 6) is 0. The number of nitrogens with zero attached hydrogens (tertiary/aromatic N) is 1. The van der Waals surface area contributed by atoms with Crippen LogP contribution in [0.5, 0.6) is 0 Å². The highest BCUT2D eigenvalue weighted by Gasteiger charge is 2.26. The molecule has 0 aromatic carbocycles. The van der Waals surface area contributed by atoms with Gasteiger partial charge < -0.3 is 10.2 Å². The molecular weight excluding hydrogens is 241 g/mol. The normalized spacial score (nSPS) is 23.7. The van der Waals surface area contributed by atoms with Gasteiger partial charge in [0.15, 0.2) is 0 Å². The fourth-order valence-electron chi connectivity index (χ4n) is 2.39. The molecule has 1 atom stereocenters. The summed E-state index contributed by atoms with van der Waals surface area (Å²) in [7, 11) is 0. The van der Waals surface area contributed by atoms with Crippen molar-refractivity contribution in [2.24, 2.45) is 0 Å². The van der Waals surface area contributed by atoms with E-state index in [4.69, 9.17) is 0 Å². The SMILES string of the molecule is CCC1CCN(CCCCC(F)(F)F)CCCN1. The van der Waals surface area contributed by atoms with Crippen LogP contribution >= 0.6 is 0 Å². The second kappa shape index (κ2) is 8.00. The standard InChI is InChI=1S/C13H25F3N2/c1-2-12-6-11-18(10-5-8-17-12)9-4-3-7-13(14,15)16/h12,17H,2-11H2,1H3.